The first-order valence-corrected chi connectivity index (χ1v) is 7.68. The molecule has 1 aliphatic rings. The minimum Gasteiger partial charge on any atom is -0.360 e. The maximum absolute atomic E-state index is 11.6. The summed E-state index contributed by atoms with van der Waals surface area (Å²) in [6, 6.07) is -0.409. The number of rotatable bonds is 4. The average Bonchev–Trinajstić information content (AvgIpc) is 2.37. The summed E-state index contributed by atoms with van der Waals surface area (Å²) in [5.74, 6) is 5.20. The Morgan fingerprint density at radius 1 is 1.50 bits per heavy atom. The number of nitrogens with one attached hydrogen (secondary N) is 2. The predicted octanol–water partition coefficient (Wildman–Crippen LogP) is -0.341. The maximum Gasteiger partial charge on any atom is 0.329 e. The van der Waals surface area contributed by atoms with Gasteiger partial charge >= 0.3 is 5.69 Å². The summed E-state index contributed by atoms with van der Waals surface area (Å²) in [6.45, 7) is 0. The average molecular weight is 302 g/mol. The fourth-order valence-corrected chi connectivity index (χ4v) is 3.65. The fraction of sp³-hybridized carbons (Fsp3) is 0.556. The number of anilines is 2. The van der Waals surface area contributed by atoms with Gasteiger partial charge in [0.05, 0.1) is 16.4 Å². The van der Waals surface area contributed by atoms with Crippen LogP contribution in [0.2, 0.25) is 0 Å². The Bertz CT molecular complexity index is 619. The van der Waals surface area contributed by atoms with E-state index < -0.39 is 20.8 Å². The number of hydrogen-bond acceptors (Lipinski definition) is 9. The number of nitro groups is 1. The predicted molar refractivity (Wildman–Crippen MR) is 71.8 cm³/mol. The lowest BCUT2D eigenvalue weighted by Crippen LogP contribution is -2.35. The molecule has 0 aliphatic carbocycles. The Morgan fingerprint density at radius 3 is 2.85 bits per heavy atom. The molecule has 1 aromatic rings. The van der Waals surface area contributed by atoms with E-state index in [0.29, 0.717) is 12.8 Å². The molecule has 110 valence electrons. The molecule has 20 heavy (non-hydrogen) atoms. The van der Waals surface area contributed by atoms with Gasteiger partial charge in [0.1, 0.15) is 6.20 Å². The molecular weight excluding hydrogens is 288 g/mol. The number of hydrazine groups is 1. The van der Waals surface area contributed by atoms with Crippen molar-refractivity contribution >= 4 is 27.3 Å². The minimum absolute atomic E-state index is 0.0109. The minimum atomic E-state index is -3.12. The molecule has 0 radical (unpaired) electrons. The number of hydrogen-bond donors (Lipinski definition) is 3. The molecule has 11 heteroatoms. The van der Waals surface area contributed by atoms with Crippen LogP contribution in [0.3, 0.4) is 0 Å². The summed E-state index contributed by atoms with van der Waals surface area (Å²) < 4.78 is 23.1. The molecule has 0 saturated carbocycles. The molecule has 0 aromatic carbocycles. The Morgan fingerprint density at radius 2 is 2.25 bits per heavy atom. The first-order chi connectivity index (χ1) is 9.41. The highest BCUT2D eigenvalue weighted by atomic mass is 32.2. The van der Waals surface area contributed by atoms with Gasteiger partial charge in [-0.3, -0.25) is 15.5 Å². The molecule has 0 amide bonds. The summed E-state index contributed by atoms with van der Waals surface area (Å²) in [7, 11) is -3.12. The number of aromatic nitrogens is 2. The van der Waals surface area contributed by atoms with Crippen LogP contribution in [0, 0.1) is 10.1 Å². The normalized spacial score (nSPS) is 21.1. The van der Waals surface area contributed by atoms with E-state index in [1.54, 1.807) is 0 Å². The van der Waals surface area contributed by atoms with Crippen LogP contribution in [0.4, 0.5) is 17.5 Å². The van der Waals surface area contributed by atoms with E-state index in [1.165, 1.54) is 0 Å². The lowest BCUT2D eigenvalue weighted by Gasteiger charge is -2.23. The summed E-state index contributed by atoms with van der Waals surface area (Å²) in [5, 5.41) is 13.7. The van der Waals surface area contributed by atoms with Gasteiger partial charge in [-0.25, -0.2) is 19.2 Å². The van der Waals surface area contributed by atoms with Crippen molar-refractivity contribution in [2.75, 3.05) is 22.2 Å². The van der Waals surface area contributed by atoms with Crippen LogP contribution in [0.15, 0.2) is 6.20 Å². The van der Waals surface area contributed by atoms with Crippen molar-refractivity contribution < 1.29 is 13.3 Å². The Kier molecular flexibility index (Phi) is 3.99. The first kappa shape index (κ1) is 14.4. The summed E-state index contributed by atoms with van der Waals surface area (Å²) in [5.41, 5.74) is 1.86. The van der Waals surface area contributed by atoms with Gasteiger partial charge in [0, 0.05) is 6.04 Å². The molecule has 2 heterocycles. The van der Waals surface area contributed by atoms with Crippen LogP contribution in [0.1, 0.15) is 12.8 Å². The van der Waals surface area contributed by atoms with Crippen LogP contribution in [-0.4, -0.2) is 40.9 Å². The topological polar surface area (TPSA) is 153 Å². The third kappa shape index (κ3) is 3.30. The van der Waals surface area contributed by atoms with Crippen LogP contribution in [-0.2, 0) is 9.84 Å². The van der Waals surface area contributed by atoms with Crippen molar-refractivity contribution in [3.63, 3.8) is 0 Å². The zero-order valence-corrected chi connectivity index (χ0v) is 11.3. The molecule has 1 aliphatic heterocycles. The lowest BCUT2D eigenvalue weighted by atomic mass is 10.2. The zero-order valence-electron chi connectivity index (χ0n) is 10.4. The van der Waals surface area contributed by atoms with Crippen LogP contribution < -0.4 is 16.6 Å². The standard InChI is InChI=1S/C9H14N6O4S/c10-14-9-11-4-7(15(16)17)8(13-9)12-6-2-1-3-20(18,19)5-6/h4,6H,1-3,5,10H2,(H2,11,12,13,14). The third-order valence-corrected chi connectivity index (χ3v) is 4.72. The van der Waals surface area contributed by atoms with Crippen molar-refractivity contribution in [2.45, 2.75) is 18.9 Å². The second-order valence-electron chi connectivity index (χ2n) is 4.43. The van der Waals surface area contributed by atoms with Gasteiger partial charge in [-0.1, -0.05) is 0 Å². The van der Waals surface area contributed by atoms with Gasteiger partial charge < -0.3 is 5.32 Å². The van der Waals surface area contributed by atoms with Crippen molar-refractivity contribution in [1.29, 1.82) is 0 Å². The summed E-state index contributed by atoms with van der Waals surface area (Å²) >= 11 is 0. The van der Waals surface area contributed by atoms with E-state index in [-0.39, 0.29) is 29.0 Å². The molecule has 1 fully saturated rings. The summed E-state index contributed by atoms with van der Waals surface area (Å²) in [4.78, 5) is 17.8. The molecule has 1 atom stereocenters. The highest BCUT2D eigenvalue weighted by molar-refractivity contribution is 7.91. The third-order valence-electron chi connectivity index (χ3n) is 2.90. The van der Waals surface area contributed by atoms with Crippen LogP contribution >= 0.6 is 0 Å². The SMILES string of the molecule is NNc1ncc([N+](=O)[O-])c(NC2CCCS(=O)(=O)C2)n1. The molecule has 1 saturated heterocycles. The Labute approximate surface area is 114 Å². The van der Waals surface area contributed by atoms with Crippen molar-refractivity contribution in [2.24, 2.45) is 5.84 Å². The monoisotopic (exact) mass is 302 g/mol. The molecular formula is C9H14N6O4S. The number of nitrogens with zero attached hydrogens (tertiary/aromatic N) is 3. The largest absolute Gasteiger partial charge is 0.360 e. The molecule has 10 nitrogen and oxygen atoms in total. The fourth-order valence-electron chi connectivity index (χ4n) is 2.01. The van der Waals surface area contributed by atoms with E-state index in [0.717, 1.165) is 6.20 Å². The van der Waals surface area contributed by atoms with Crippen molar-refractivity contribution in [1.82, 2.24) is 9.97 Å². The van der Waals surface area contributed by atoms with E-state index in [2.05, 4.69) is 20.7 Å². The number of nitrogen functional groups attached to an aromatic ring is 1. The first-order valence-electron chi connectivity index (χ1n) is 5.86. The highest BCUT2D eigenvalue weighted by Gasteiger charge is 2.27. The van der Waals surface area contributed by atoms with E-state index in [4.69, 9.17) is 5.84 Å². The highest BCUT2D eigenvalue weighted by Crippen LogP contribution is 2.24. The van der Waals surface area contributed by atoms with Crippen molar-refractivity contribution in [3.8, 4) is 0 Å². The van der Waals surface area contributed by atoms with Gasteiger partial charge in [0.25, 0.3) is 0 Å². The van der Waals surface area contributed by atoms with E-state index in [9.17, 15) is 18.5 Å². The van der Waals surface area contributed by atoms with Gasteiger partial charge in [-0.05, 0) is 12.8 Å². The Hall–Kier alpha value is -2.01. The van der Waals surface area contributed by atoms with Gasteiger partial charge in [0.15, 0.2) is 9.84 Å². The van der Waals surface area contributed by atoms with E-state index >= 15 is 0 Å². The molecule has 0 spiro atoms. The molecule has 0 bridgehead atoms. The lowest BCUT2D eigenvalue weighted by molar-refractivity contribution is -0.384. The Balaban J connectivity index is 2.25. The maximum atomic E-state index is 11.6. The van der Waals surface area contributed by atoms with E-state index in [1.807, 2.05) is 0 Å². The smallest absolute Gasteiger partial charge is 0.329 e. The molecule has 1 unspecified atom stereocenters. The van der Waals surface area contributed by atoms with Crippen LogP contribution in [0.5, 0.6) is 0 Å². The second kappa shape index (κ2) is 5.54. The second-order valence-corrected chi connectivity index (χ2v) is 6.66. The summed E-state index contributed by atoms with van der Waals surface area (Å²) in [6.07, 6.45) is 2.13. The van der Waals surface area contributed by atoms with Crippen molar-refractivity contribution in [3.05, 3.63) is 16.3 Å². The quantitative estimate of drug-likeness (QED) is 0.385. The zero-order chi connectivity index (χ0) is 14.8. The number of sulfone groups is 1. The molecule has 1 aromatic heterocycles. The molecule has 4 N–H and O–H groups in total. The van der Waals surface area contributed by atoms with Gasteiger partial charge in [-0.2, -0.15) is 4.98 Å². The van der Waals surface area contributed by atoms with Gasteiger partial charge in [-0.15, -0.1) is 0 Å². The van der Waals surface area contributed by atoms with Gasteiger partial charge in [0.2, 0.25) is 11.8 Å². The molecule has 2 rings (SSSR count). The number of nitrogens with two attached hydrogens (primary N) is 1. The van der Waals surface area contributed by atoms with Crippen LogP contribution in [0.25, 0.3) is 0 Å².